The van der Waals surface area contributed by atoms with Crippen molar-refractivity contribution in [3.8, 4) is 0 Å². The van der Waals surface area contributed by atoms with Crippen molar-refractivity contribution in [3.63, 3.8) is 0 Å². The molecule has 0 bridgehead atoms. The molecule has 1 atom stereocenters. The average molecular weight is 349 g/mol. The van der Waals surface area contributed by atoms with Gasteiger partial charge in [-0.25, -0.2) is 0 Å². The second-order valence-corrected chi connectivity index (χ2v) is 5.90. The van der Waals surface area contributed by atoms with Crippen LogP contribution in [0.5, 0.6) is 0 Å². The molecule has 132 valence electrons. The lowest BCUT2D eigenvalue weighted by molar-refractivity contribution is -0.138. The van der Waals surface area contributed by atoms with Gasteiger partial charge in [0.25, 0.3) is 0 Å². The number of nitrogens with zero attached hydrogens (tertiary/aromatic N) is 2. The molecule has 0 aliphatic carbocycles. The second kappa shape index (κ2) is 6.31. The van der Waals surface area contributed by atoms with E-state index in [0.717, 1.165) is 23.0 Å². The van der Waals surface area contributed by atoms with Gasteiger partial charge in [-0.2, -0.15) is 13.2 Å². The Balaban J connectivity index is 1.90. The summed E-state index contributed by atoms with van der Waals surface area (Å²) in [5.74, 6) is 0.648. The summed E-state index contributed by atoms with van der Waals surface area (Å²) in [4.78, 5) is 0. The third-order valence-corrected chi connectivity index (χ3v) is 4.20. The molecule has 1 unspecified atom stereocenters. The summed E-state index contributed by atoms with van der Waals surface area (Å²) in [6.07, 6.45) is 0.931. The van der Waals surface area contributed by atoms with E-state index in [1.165, 1.54) is 12.1 Å². The van der Waals surface area contributed by atoms with Crippen molar-refractivity contribution in [2.45, 2.75) is 33.0 Å². The van der Waals surface area contributed by atoms with E-state index < -0.39 is 17.8 Å². The fourth-order valence-corrected chi connectivity index (χ4v) is 2.95. The average Bonchev–Trinajstić information content (AvgIpc) is 2.92. The van der Waals surface area contributed by atoms with E-state index >= 15 is 0 Å². The van der Waals surface area contributed by atoms with E-state index in [0.29, 0.717) is 5.76 Å². The molecule has 2 aromatic rings. The number of hydrazine groups is 1. The topological polar surface area (TPSA) is 41.3 Å². The number of aromatic nitrogens is 1. The third kappa shape index (κ3) is 3.26. The first-order chi connectivity index (χ1) is 11.8. The molecule has 0 fully saturated rings. The Morgan fingerprint density at radius 2 is 1.92 bits per heavy atom. The SMILES string of the molecule is Cc1noc(C)c1C1=CC=CN(C(C)c2ccccc2C(F)(F)F)N1. The zero-order valence-corrected chi connectivity index (χ0v) is 14.1. The number of allylic oxidation sites excluding steroid dienone is 2. The Labute approximate surface area is 143 Å². The summed E-state index contributed by atoms with van der Waals surface area (Å²) in [6.45, 7) is 5.33. The fraction of sp³-hybridized carbons (Fsp3) is 0.278. The van der Waals surface area contributed by atoms with Crippen LogP contribution in [-0.4, -0.2) is 10.2 Å². The van der Waals surface area contributed by atoms with Crippen molar-refractivity contribution >= 4 is 5.70 Å². The molecule has 4 nitrogen and oxygen atoms in total. The van der Waals surface area contributed by atoms with Crippen LogP contribution in [-0.2, 0) is 6.18 Å². The van der Waals surface area contributed by atoms with Crippen LogP contribution < -0.4 is 5.43 Å². The van der Waals surface area contributed by atoms with Gasteiger partial charge in [0.1, 0.15) is 5.76 Å². The smallest absolute Gasteiger partial charge is 0.361 e. The van der Waals surface area contributed by atoms with Gasteiger partial charge >= 0.3 is 6.18 Å². The van der Waals surface area contributed by atoms with Gasteiger partial charge in [0.15, 0.2) is 0 Å². The molecule has 1 aromatic carbocycles. The predicted molar refractivity (Wildman–Crippen MR) is 87.9 cm³/mol. The Morgan fingerprint density at radius 1 is 1.20 bits per heavy atom. The Morgan fingerprint density at radius 3 is 2.56 bits per heavy atom. The molecule has 0 saturated heterocycles. The molecule has 0 amide bonds. The van der Waals surface area contributed by atoms with Crippen LogP contribution in [0.15, 0.2) is 47.1 Å². The molecule has 0 spiro atoms. The van der Waals surface area contributed by atoms with E-state index in [9.17, 15) is 13.2 Å². The second-order valence-electron chi connectivity index (χ2n) is 5.90. The van der Waals surface area contributed by atoms with E-state index in [2.05, 4.69) is 10.6 Å². The number of benzene rings is 1. The largest absolute Gasteiger partial charge is 0.416 e. The number of hydrogen-bond donors (Lipinski definition) is 1. The highest BCUT2D eigenvalue weighted by atomic mass is 19.4. The van der Waals surface area contributed by atoms with Crippen LogP contribution in [0.3, 0.4) is 0 Å². The molecule has 1 N–H and O–H groups in total. The maximum absolute atomic E-state index is 13.3. The third-order valence-electron chi connectivity index (χ3n) is 4.20. The van der Waals surface area contributed by atoms with E-state index in [-0.39, 0.29) is 5.56 Å². The number of nitrogens with one attached hydrogen (secondary N) is 1. The van der Waals surface area contributed by atoms with Crippen LogP contribution in [0.2, 0.25) is 0 Å². The lowest BCUT2D eigenvalue weighted by Gasteiger charge is -2.33. The molecular weight excluding hydrogens is 331 g/mol. The zero-order chi connectivity index (χ0) is 18.2. The number of rotatable bonds is 3. The molecule has 1 aromatic heterocycles. The zero-order valence-electron chi connectivity index (χ0n) is 14.1. The number of aryl methyl sites for hydroxylation is 2. The predicted octanol–water partition coefficient (Wildman–Crippen LogP) is 4.75. The summed E-state index contributed by atoms with van der Waals surface area (Å²) in [6, 6.07) is 5.08. The van der Waals surface area contributed by atoms with Gasteiger partial charge in [-0.05, 0) is 44.6 Å². The highest BCUT2D eigenvalue weighted by molar-refractivity contribution is 5.68. The molecule has 7 heteroatoms. The highest BCUT2D eigenvalue weighted by Gasteiger charge is 2.35. The van der Waals surface area contributed by atoms with Crippen LogP contribution in [0.1, 0.15) is 41.1 Å². The number of halogens is 3. The van der Waals surface area contributed by atoms with Gasteiger partial charge in [0.2, 0.25) is 0 Å². The van der Waals surface area contributed by atoms with Gasteiger partial charge in [-0.1, -0.05) is 23.4 Å². The van der Waals surface area contributed by atoms with Crippen molar-refractivity contribution in [1.82, 2.24) is 15.6 Å². The molecule has 3 rings (SSSR count). The normalized spacial score (nSPS) is 15.8. The van der Waals surface area contributed by atoms with Gasteiger partial charge in [0, 0.05) is 6.20 Å². The van der Waals surface area contributed by atoms with Crippen LogP contribution in [0, 0.1) is 13.8 Å². The monoisotopic (exact) mass is 349 g/mol. The molecule has 2 heterocycles. The van der Waals surface area contributed by atoms with Crippen molar-refractivity contribution < 1.29 is 17.7 Å². The molecule has 25 heavy (non-hydrogen) atoms. The minimum Gasteiger partial charge on any atom is -0.361 e. The van der Waals surface area contributed by atoms with Crippen LogP contribution >= 0.6 is 0 Å². The Kier molecular flexibility index (Phi) is 4.32. The molecular formula is C18H18F3N3O. The first-order valence-corrected chi connectivity index (χ1v) is 7.82. The van der Waals surface area contributed by atoms with Gasteiger partial charge in [-0.3, -0.25) is 10.4 Å². The van der Waals surface area contributed by atoms with Crippen molar-refractivity contribution in [3.05, 3.63) is 70.8 Å². The van der Waals surface area contributed by atoms with E-state index in [1.54, 1.807) is 37.2 Å². The van der Waals surface area contributed by atoms with Crippen molar-refractivity contribution in [2.24, 2.45) is 0 Å². The van der Waals surface area contributed by atoms with Gasteiger partial charge in [0.05, 0.1) is 28.6 Å². The Bertz CT molecular complexity index is 817. The van der Waals surface area contributed by atoms with E-state index in [4.69, 9.17) is 4.52 Å². The van der Waals surface area contributed by atoms with Crippen molar-refractivity contribution in [2.75, 3.05) is 0 Å². The standard InChI is InChI=1S/C18H18F3N3O/c1-11-17(13(3)25-23-11)16-9-6-10-24(22-16)12(2)14-7-4-5-8-15(14)18(19,20)21/h4-10,12,22H,1-3H3. The molecule has 0 radical (unpaired) electrons. The first-order valence-electron chi connectivity index (χ1n) is 7.82. The summed E-state index contributed by atoms with van der Waals surface area (Å²) >= 11 is 0. The quantitative estimate of drug-likeness (QED) is 0.868. The summed E-state index contributed by atoms with van der Waals surface area (Å²) in [5.41, 5.74) is 4.98. The number of alkyl halides is 3. The van der Waals surface area contributed by atoms with Crippen LogP contribution in [0.4, 0.5) is 13.2 Å². The lowest BCUT2D eigenvalue weighted by atomic mass is 10.0. The lowest BCUT2D eigenvalue weighted by Crippen LogP contribution is -2.36. The maximum atomic E-state index is 13.3. The Hall–Kier alpha value is -2.70. The maximum Gasteiger partial charge on any atom is 0.416 e. The minimum atomic E-state index is -4.40. The highest BCUT2D eigenvalue weighted by Crippen LogP contribution is 2.36. The van der Waals surface area contributed by atoms with Crippen LogP contribution in [0.25, 0.3) is 5.70 Å². The summed E-state index contributed by atoms with van der Waals surface area (Å²) in [5, 5.41) is 5.56. The fourth-order valence-electron chi connectivity index (χ4n) is 2.95. The summed E-state index contributed by atoms with van der Waals surface area (Å²) < 4.78 is 45.0. The molecule has 1 aliphatic rings. The number of hydrogen-bond acceptors (Lipinski definition) is 4. The van der Waals surface area contributed by atoms with Crippen molar-refractivity contribution in [1.29, 1.82) is 0 Å². The van der Waals surface area contributed by atoms with Gasteiger partial charge < -0.3 is 4.52 Å². The molecule has 1 aliphatic heterocycles. The van der Waals surface area contributed by atoms with Gasteiger partial charge in [-0.15, -0.1) is 0 Å². The first kappa shape index (κ1) is 17.1. The van der Waals surface area contributed by atoms with E-state index in [1.807, 2.05) is 13.0 Å². The summed E-state index contributed by atoms with van der Waals surface area (Å²) in [7, 11) is 0. The minimum absolute atomic E-state index is 0.201. The molecule has 0 saturated carbocycles.